The third-order valence-electron chi connectivity index (χ3n) is 4.62. The number of hydrogen-bond donors (Lipinski definition) is 1. The van der Waals surface area contributed by atoms with E-state index in [0.717, 1.165) is 16.5 Å². The molecule has 0 aliphatic heterocycles. The summed E-state index contributed by atoms with van der Waals surface area (Å²) in [6, 6.07) is 24.8. The molecule has 0 saturated carbocycles. The maximum atomic E-state index is 13.3. The van der Waals surface area contributed by atoms with Crippen LogP contribution in [0, 0.1) is 5.82 Å². The number of aromatic nitrogens is 1. The number of rotatable bonds is 4. The summed E-state index contributed by atoms with van der Waals surface area (Å²) in [7, 11) is 0. The van der Waals surface area contributed by atoms with Crippen LogP contribution in [-0.2, 0) is 0 Å². The fraction of sp³-hybridized carbons (Fsp3) is 0.0417. The summed E-state index contributed by atoms with van der Waals surface area (Å²) in [6.07, 6.45) is 0. The van der Waals surface area contributed by atoms with Crippen LogP contribution in [0.3, 0.4) is 0 Å². The molecule has 0 atom stereocenters. The Morgan fingerprint density at radius 3 is 2.38 bits per heavy atom. The average Bonchev–Trinajstić information content (AvgIpc) is 2.77. The maximum Gasteiger partial charge on any atom is 0.272 e. The minimum absolute atomic E-state index is 0.321. The summed E-state index contributed by atoms with van der Waals surface area (Å²) in [5.41, 5.74) is 6.74. The lowest BCUT2D eigenvalue weighted by molar-refractivity contribution is 0.0956. The number of halogens is 1. The summed E-state index contributed by atoms with van der Waals surface area (Å²) in [5.74, 6) is -0.652. The van der Waals surface area contributed by atoms with E-state index in [9.17, 15) is 9.18 Å². The van der Waals surface area contributed by atoms with Crippen molar-refractivity contribution in [1.82, 2.24) is 10.4 Å². The number of benzene rings is 3. The predicted octanol–water partition coefficient (Wildman–Crippen LogP) is 5.19. The third-order valence-corrected chi connectivity index (χ3v) is 4.62. The van der Waals surface area contributed by atoms with Gasteiger partial charge in [-0.1, -0.05) is 48.5 Å². The topological polar surface area (TPSA) is 54.4 Å². The van der Waals surface area contributed by atoms with Crippen molar-refractivity contribution in [3.05, 3.63) is 102 Å². The molecule has 3 aromatic carbocycles. The molecule has 1 aromatic heterocycles. The van der Waals surface area contributed by atoms with Crippen molar-refractivity contribution in [3.8, 4) is 11.3 Å². The molecule has 0 unspecified atom stereocenters. The Balaban J connectivity index is 1.72. The molecule has 4 nitrogen and oxygen atoms in total. The van der Waals surface area contributed by atoms with E-state index in [1.54, 1.807) is 18.2 Å². The second-order valence-electron chi connectivity index (χ2n) is 6.58. The average molecular weight is 383 g/mol. The zero-order chi connectivity index (χ0) is 20.2. The molecule has 0 aliphatic carbocycles. The number of para-hydroxylation sites is 1. The largest absolute Gasteiger partial charge is 0.272 e. The van der Waals surface area contributed by atoms with Gasteiger partial charge in [-0.2, -0.15) is 5.10 Å². The molecule has 0 aliphatic rings. The normalized spacial score (nSPS) is 11.4. The van der Waals surface area contributed by atoms with Crippen molar-refractivity contribution < 1.29 is 9.18 Å². The van der Waals surface area contributed by atoms with E-state index in [0.29, 0.717) is 22.5 Å². The van der Waals surface area contributed by atoms with E-state index in [1.165, 1.54) is 12.1 Å². The highest BCUT2D eigenvalue weighted by Gasteiger charge is 2.14. The Kier molecular flexibility index (Phi) is 5.12. The number of carbonyl (C=O) groups is 1. The second-order valence-corrected chi connectivity index (χ2v) is 6.58. The smallest absolute Gasteiger partial charge is 0.267 e. The number of fused-ring (bicyclic) bond motifs is 1. The van der Waals surface area contributed by atoms with Crippen molar-refractivity contribution in [3.63, 3.8) is 0 Å². The minimum atomic E-state index is -0.331. The van der Waals surface area contributed by atoms with Crippen LogP contribution in [0.5, 0.6) is 0 Å². The van der Waals surface area contributed by atoms with E-state index in [2.05, 4.69) is 15.5 Å². The zero-order valence-corrected chi connectivity index (χ0v) is 15.8. The fourth-order valence-electron chi connectivity index (χ4n) is 3.07. The van der Waals surface area contributed by atoms with Gasteiger partial charge in [-0.15, -0.1) is 0 Å². The van der Waals surface area contributed by atoms with Crippen LogP contribution in [0.2, 0.25) is 0 Å². The van der Waals surface area contributed by atoms with Gasteiger partial charge in [-0.3, -0.25) is 4.79 Å². The van der Waals surface area contributed by atoms with E-state index in [4.69, 9.17) is 0 Å². The Hall–Kier alpha value is -3.86. The van der Waals surface area contributed by atoms with Crippen molar-refractivity contribution in [2.24, 2.45) is 5.10 Å². The van der Waals surface area contributed by atoms with Gasteiger partial charge >= 0.3 is 0 Å². The lowest BCUT2D eigenvalue weighted by atomic mass is 10.0. The fourth-order valence-corrected chi connectivity index (χ4v) is 3.07. The van der Waals surface area contributed by atoms with Crippen molar-refractivity contribution >= 4 is 22.5 Å². The summed E-state index contributed by atoms with van der Waals surface area (Å²) in [6.45, 7) is 1.84. The van der Waals surface area contributed by atoms with Gasteiger partial charge in [-0.05, 0) is 48.9 Å². The monoisotopic (exact) mass is 383 g/mol. The number of nitrogens with one attached hydrogen (secondary N) is 1. The summed E-state index contributed by atoms with van der Waals surface area (Å²) >= 11 is 0. The van der Waals surface area contributed by atoms with Gasteiger partial charge in [0.05, 0.1) is 22.5 Å². The Morgan fingerprint density at radius 2 is 1.62 bits per heavy atom. The highest BCUT2D eigenvalue weighted by atomic mass is 19.1. The number of amides is 1. The molecule has 1 amide bonds. The summed E-state index contributed by atoms with van der Waals surface area (Å²) in [4.78, 5) is 17.5. The molecule has 0 saturated heterocycles. The Labute approximate surface area is 167 Å². The van der Waals surface area contributed by atoms with Crippen LogP contribution in [0.4, 0.5) is 4.39 Å². The van der Waals surface area contributed by atoms with Crippen molar-refractivity contribution in [2.45, 2.75) is 6.92 Å². The van der Waals surface area contributed by atoms with Gasteiger partial charge in [0.15, 0.2) is 0 Å². The van der Waals surface area contributed by atoms with E-state index < -0.39 is 0 Å². The van der Waals surface area contributed by atoms with E-state index in [-0.39, 0.29) is 11.7 Å². The molecule has 0 radical (unpaired) electrons. The first-order chi connectivity index (χ1) is 14.1. The molecule has 4 aromatic rings. The number of nitrogens with zero attached hydrogens (tertiary/aromatic N) is 2. The molecule has 29 heavy (non-hydrogen) atoms. The highest BCUT2D eigenvalue weighted by molar-refractivity contribution is 6.08. The van der Waals surface area contributed by atoms with Crippen LogP contribution >= 0.6 is 0 Å². The van der Waals surface area contributed by atoms with Crippen LogP contribution in [-0.4, -0.2) is 16.6 Å². The lowest BCUT2D eigenvalue weighted by Gasteiger charge is -2.09. The number of carbonyl (C=O) groups excluding carboxylic acids is 1. The minimum Gasteiger partial charge on any atom is -0.267 e. The molecule has 0 spiro atoms. The van der Waals surface area contributed by atoms with Gasteiger partial charge in [0.2, 0.25) is 0 Å². The zero-order valence-electron chi connectivity index (χ0n) is 15.8. The summed E-state index contributed by atoms with van der Waals surface area (Å²) in [5, 5.41) is 4.96. The van der Waals surface area contributed by atoms with Crippen molar-refractivity contribution in [2.75, 3.05) is 0 Å². The third kappa shape index (κ3) is 4.04. The Morgan fingerprint density at radius 1 is 0.931 bits per heavy atom. The van der Waals surface area contributed by atoms with Crippen LogP contribution in [0.25, 0.3) is 22.2 Å². The van der Waals surface area contributed by atoms with Gasteiger partial charge in [-0.25, -0.2) is 14.8 Å². The summed E-state index contributed by atoms with van der Waals surface area (Å²) < 4.78 is 13.3. The van der Waals surface area contributed by atoms with Crippen LogP contribution in [0.1, 0.15) is 22.8 Å². The van der Waals surface area contributed by atoms with Gasteiger partial charge in [0, 0.05) is 10.9 Å². The quantitative estimate of drug-likeness (QED) is 0.389. The lowest BCUT2D eigenvalue weighted by Crippen LogP contribution is -2.20. The van der Waals surface area contributed by atoms with Crippen molar-refractivity contribution in [1.29, 1.82) is 0 Å². The van der Waals surface area contributed by atoms with E-state index >= 15 is 0 Å². The first-order valence-corrected chi connectivity index (χ1v) is 9.17. The maximum absolute atomic E-state index is 13.3. The molecule has 5 heteroatoms. The number of pyridine rings is 1. The molecule has 1 heterocycles. The van der Waals surface area contributed by atoms with Gasteiger partial charge in [0.1, 0.15) is 5.82 Å². The number of hydrogen-bond acceptors (Lipinski definition) is 3. The Bertz CT molecular complexity index is 1200. The second kappa shape index (κ2) is 8.02. The highest BCUT2D eigenvalue weighted by Crippen LogP contribution is 2.25. The molecular weight excluding hydrogens is 365 g/mol. The van der Waals surface area contributed by atoms with Gasteiger partial charge in [0.25, 0.3) is 5.91 Å². The van der Waals surface area contributed by atoms with E-state index in [1.807, 2.05) is 61.5 Å². The predicted molar refractivity (Wildman–Crippen MR) is 113 cm³/mol. The molecular formula is C24H18FN3O. The molecule has 0 fully saturated rings. The molecule has 1 N–H and O–H groups in total. The molecule has 0 bridgehead atoms. The first-order valence-electron chi connectivity index (χ1n) is 9.17. The standard InChI is InChI=1S/C24H18FN3O/c1-16(17-7-3-2-4-8-17)27-28-24(29)21-15-23(18-11-13-19(25)14-12-18)26-22-10-6-5-9-20(21)22/h2-15H,1H3,(H,28,29). The van der Waals surface area contributed by atoms with Crippen LogP contribution in [0.15, 0.2) is 90.0 Å². The van der Waals surface area contributed by atoms with Gasteiger partial charge < -0.3 is 0 Å². The molecule has 142 valence electrons. The molecule has 4 rings (SSSR count). The first kappa shape index (κ1) is 18.5. The SMILES string of the molecule is CC(=NNC(=O)c1cc(-c2ccc(F)cc2)nc2ccccc12)c1ccccc1. The van der Waals surface area contributed by atoms with Crippen LogP contribution < -0.4 is 5.43 Å². The number of hydrazone groups is 1.